The van der Waals surface area contributed by atoms with E-state index < -0.39 is 10.0 Å². The van der Waals surface area contributed by atoms with Gasteiger partial charge in [-0.2, -0.15) is 0 Å². The number of nitrogens with one attached hydrogen (secondary N) is 1. The quantitative estimate of drug-likeness (QED) is 0.945. The summed E-state index contributed by atoms with van der Waals surface area (Å²) in [5, 5.41) is 1.77. The van der Waals surface area contributed by atoms with Crippen molar-refractivity contribution in [2.45, 2.75) is 38.8 Å². The standard InChI is InChI=1S/C11H16ClN3O2S2/c1-7(11(2,3)4)14-19(16,17)9-8(12)13-10-15(9)5-6-18-10/h5-7,14H,1-4H3. The van der Waals surface area contributed by atoms with Crippen molar-refractivity contribution in [1.82, 2.24) is 14.1 Å². The zero-order chi connectivity index (χ0) is 14.4. The highest BCUT2D eigenvalue weighted by atomic mass is 35.5. The molecule has 1 unspecified atom stereocenters. The fourth-order valence-electron chi connectivity index (χ4n) is 1.44. The molecule has 0 aliphatic carbocycles. The second-order valence-corrected chi connectivity index (χ2v) is 8.33. The number of hydrogen-bond donors (Lipinski definition) is 1. The van der Waals surface area contributed by atoms with Gasteiger partial charge >= 0.3 is 0 Å². The zero-order valence-electron chi connectivity index (χ0n) is 11.1. The summed E-state index contributed by atoms with van der Waals surface area (Å²) >= 11 is 7.28. The second kappa shape index (κ2) is 4.73. The number of imidazole rings is 1. The SMILES string of the molecule is CC(NS(=O)(=O)c1c(Cl)nc2sccn12)C(C)(C)C. The van der Waals surface area contributed by atoms with Crippen LogP contribution in [0.5, 0.6) is 0 Å². The molecule has 2 rings (SSSR count). The molecule has 106 valence electrons. The average Bonchev–Trinajstić information content (AvgIpc) is 2.73. The molecule has 0 saturated carbocycles. The predicted molar refractivity (Wildman–Crippen MR) is 77.3 cm³/mol. The summed E-state index contributed by atoms with van der Waals surface area (Å²) in [5.74, 6) is 0. The Kier molecular flexibility index (Phi) is 3.68. The maximum absolute atomic E-state index is 12.4. The van der Waals surface area contributed by atoms with Gasteiger partial charge in [0, 0.05) is 17.6 Å². The van der Waals surface area contributed by atoms with Crippen LogP contribution >= 0.6 is 22.9 Å². The summed E-state index contributed by atoms with van der Waals surface area (Å²) in [4.78, 5) is 4.60. The molecular formula is C11H16ClN3O2S2. The third-order valence-electron chi connectivity index (χ3n) is 3.06. The topological polar surface area (TPSA) is 63.5 Å². The summed E-state index contributed by atoms with van der Waals surface area (Å²) < 4.78 is 29.0. The van der Waals surface area contributed by atoms with Crippen LogP contribution in [-0.2, 0) is 10.0 Å². The highest BCUT2D eigenvalue weighted by molar-refractivity contribution is 7.89. The Hall–Kier alpha value is -0.630. The van der Waals surface area contributed by atoms with Gasteiger partial charge in [0.05, 0.1) is 0 Å². The minimum Gasteiger partial charge on any atom is -0.279 e. The van der Waals surface area contributed by atoms with Crippen LogP contribution in [-0.4, -0.2) is 23.8 Å². The van der Waals surface area contributed by atoms with Crippen LogP contribution < -0.4 is 4.72 Å². The molecule has 0 aromatic carbocycles. The average molecular weight is 322 g/mol. The normalized spacial score (nSPS) is 15.0. The molecule has 0 bridgehead atoms. The molecule has 2 aromatic rings. The van der Waals surface area contributed by atoms with Crippen LogP contribution in [0.25, 0.3) is 4.96 Å². The van der Waals surface area contributed by atoms with E-state index in [1.807, 2.05) is 27.7 Å². The van der Waals surface area contributed by atoms with Crippen molar-refractivity contribution >= 4 is 37.9 Å². The lowest BCUT2D eigenvalue weighted by atomic mass is 9.89. The highest BCUT2D eigenvalue weighted by Gasteiger charge is 2.30. The van der Waals surface area contributed by atoms with Crippen LogP contribution in [0, 0.1) is 5.41 Å². The smallest absolute Gasteiger partial charge is 0.260 e. The molecule has 0 aliphatic rings. The molecule has 19 heavy (non-hydrogen) atoms. The molecule has 0 spiro atoms. The van der Waals surface area contributed by atoms with Gasteiger partial charge in [0.15, 0.2) is 15.1 Å². The number of nitrogens with zero attached hydrogens (tertiary/aromatic N) is 2. The Labute approximate surface area is 121 Å². The number of halogens is 1. The number of aromatic nitrogens is 2. The second-order valence-electron chi connectivity index (χ2n) is 5.47. The van der Waals surface area contributed by atoms with Gasteiger partial charge in [-0.05, 0) is 12.3 Å². The Morgan fingerprint density at radius 1 is 1.47 bits per heavy atom. The fourth-order valence-corrected chi connectivity index (χ4v) is 4.35. The number of fused-ring (bicyclic) bond motifs is 1. The Bertz CT molecular complexity index is 697. The molecule has 0 radical (unpaired) electrons. The maximum atomic E-state index is 12.4. The Morgan fingerprint density at radius 2 is 2.11 bits per heavy atom. The molecule has 0 aliphatic heterocycles. The molecular weight excluding hydrogens is 306 g/mol. The van der Waals surface area contributed by atoms with E-state index >= 15 is 0 Å². The first-order valence-corrected chi connectivity index (χ1v) is 8.50. The van der Waals surface area contributed by atoms with E-state index in [2.05, 4.69) is 9.71 Å². The van der Waals surface area contributed by atoms with Crippen molar-refractivity contribution in [3.05, 3.63) is 16.7 Å². The van der Waals surface area contributed by atoms with Crippen LogP contribution in [0.1, 0.15) is 27.7 Å². The fraction of sp³-hybridized carbons (Fsp3) is 0.545. The van der Waals surface area contributed by atoms with Gasteiger partial charge in [-0.25, -0.2) is 18.1 Å². The molecule has 2 heterocycles. The summed E-state index contributed by atoms with van der Waals surface area (Å²) in [6.45, 7) is 7.74. The Morgan fingerprint density at radius 3 is 2.68 bits per heavy atom. The third-order valence-corrected chi connectivity index (χ3v) is 5.76. The van der Waals surface area contributed by atoms with Gasteiger partial charge in [0.25, 0.3) is 10.0 Å². The predicted octanol–water partition coefficient (Wildman–Crippen LogP) is 2.76. The first kappa shape index (κ1) is 14.8. The molecule has 5 nitrogen and oxygen atoms in total. The van der Waals surface area contributed by atoms with E-state index in [-0.39, 0.29) is 21.6 Å². The van der Waals surface area contributed by atoms with Crippen LogP contribution in [0.2, 0.25) is 5.15 Å². The lowest BCUT2D eigenvalue weighted by Gasteiger charge is -2.27. The number of thiazole rings is 1. The van der Waals surface area contributed by atoms with Crippen molar-refractivity contribution in [3.8, 4) is 0 Å². The molecule has 0 amide bonds. The number of hydrogen-bond acceptors (Lipinski definition) is 4. The largest absolute Gasteiger partial charge is 0.279 e. The minimum atomic E-state index is -3.70. The number of rotatable bonds is 3. The van der Waals surface area contributed by atoms with E-state index in [1.165, 1.54) is 15.7 Å². The minimum absolute atomic E-state index is 0.000425. The van der Waals surface area contributed by atoms with Crippen molar-refractivity contribution in [2.75, 3.05) is 0 Å². The summed E-state index contributed by atoms with van der Waals surface area (Å²) in [6, 6.07) is -0.224. The van der Waals surface area contributed by atoms with Gasteiger partial charge in [0.1, 0.15) is 0 Å². The van der Waals surface area contributed by atoms with Crippen molar-refractivity contribution in [3.63, 3.8) is 0 Å². The van der Waals surface area contributed by atoms with E-state index in [9.17, 15) is 8.42 Å². The van der Waals surface area contributed by atoms with E-state index in [0.717, 1.165) is 0 Å². The molecule has 8 heteroatoms. The number of sulfonamides is 1. The molecule has 0 fully saturated rings. The molecule has 2 aromatic heterocycles. The first-order valence-electron chi connectivity index (χ1n) is 5.76. The zero-order valence-corrected chi connectivity index (χ0v) is 13.5. The van der Waals surface area contributed by atoms with Crippen LogP contribution in [0.3, 0.4) is 0 Å². The van der Waals surface area contributed by atoms with E-state index in [4.69, 9.17) is 11.6 Å². The highest BCUT2D eigenvalue weighted by Crippen LogP contribution is 2.27. The van der Waals surface area contributed by atoms with Crippen molar-refractivity contribution in [1.29, 1.82) is 0 Å². The molecule has 0 saturated heterocycles. The van der Waals surface area contributed by atoms with Crippen molar-refractivity contribution in [2.24, 2.45) is 5.41 Å². The Balaban J connectivity index is 2.45. The van der Waals surface area contributed by atoms with Gasteiger partial charge in [0.2, 0.25) is 0 Å². The lowest BCUT2D eigenvalue weighted by molar-refractivity contribution is 0.317. The maximum Gasteiger partial charge on any atom is 0.260 e. The van der Waals surface area contributed by atoms with Crippen LogP contribution in [0.4, 0.5) is 0 Å². The monoisotopic (exact) mass is 321 g/mol. The molecule has 1 N–H and O–H groups in total. The van der Waals surface area contributed by atoms with Gasteiger partial charge < -0.3 is 0 Å². The lowest BCUT2D eigenvalue weighted by Crippen LogP contribution is -2.41. The van der Waals surface area contributed by atoms with Crippen molar-refractivity contribution < 1.29 is 8.42 Å². The third kappa shape index (κ3) is 2.79. The summed E-state index contributed by atoms with van der Waals surface area (Å²) in [5.41, 5.74) is -0.183. The van der Waals surface area contributed by atoms with Gasteiger partial charge in [-0.1, -0.05) is 32.4 Å². The van der Waals surface area contributed by atoms with Crippen LogP contribution in [0.15, 0.2) is 16.6 Å². The summed E-state index contributed by atoms with van der Waals surface area (Å²) in [7, 11) is -3.70. The van der Waals surface area contributed by atoms with Gasteiger partial charge in [-0.3, -0.25) is 4.40 Å². The molecule has 1 atom stereocenters. The summed E-state index contributed by atoms with van der Waals surface area (Å²) in [6.07, 6.45) is 1.65. The van der Waals surface area contributed by atoms with Gasteiger partial charge in [-0.15, -0.1) is 11.3 Å². The van der Waals surface area contributed by atoms with E-state index in [1.54, 1.807) is 11.6 Å². The first-order chi connectivity index (χ1) is 8.63. The van der Waals surface area contributed by atoms with E-state index in [0.29, 0.717) is 4.96 Å².